The van der Waals surface area contributed by atoms with Gasteiger partial charge in [0.1, 0.15) is 0 Å². The van der Waals surface area contributed by atoms with Gasteiger partial charge in [-0.05, 0) is 18.2 Å². The first-order valence-corrected chi connectivity index (χ1v) is 7.78. The summed E-state index contributed by atoms with van der Waals surface area (Å²) in [5, 5.41) is 5.55. The lowest BCUT2D eigenvalue weighted by molar-refractivity contribution is -0.181. The van der Waals surface area contributed by atoms with Gasteiger partial charge in [-0.2, -0.15) is 0 Å². The van der Waals surface area contributed by atoms with E-state index in [1.807, 2.05) is 0 Å². The second kappa shape index (κ2) is 6.55. The number of carbonyl (C=O) groups excluding carboxylic acids is 2. The molecule has 0 bridgehead atoms. The molecule has 2 fully saturated rings. The predicted molar refractivity (Wildman–Crippen MR) is 85.2 cm³/mol. The van der Waals surface area contributed by atoms with Crippen molar-refractivity contribution in [3.8, 4) is 0 Å². The molecule has 2 saturated heterocycles. The number of benzene rings is 1. The minimum absolute atomic E-state index is 0.147. The first kappa shape index (κ1) is 15.8. The fourth-order valence-corrected chi connectivity index (χ4v) is 2.92. The number of carbonyl (C=O) groups is 2. The molecule has 7 heteroatoms. The van der Waals surface area contributed by atoms with Crippen LogP contribution in [-0.4, -0.2) is 48.9 Å². The molecule has 2 aliphatic rings. The number of amides is 3. The Morgan fingerprint density at radius 2 is 1.70 bits per heavy atom. The zero-order valence-electron chi connectivity index (χ0n) is 13.1. The highest BCUT2D eigenvalue weighted by Crippen LogP contribution is 2.31. The molecule has 1 aromatic carbocycles. The summed E-state index contributed by atoms with van der Waals surface area (Å²) in [6.45, 7) is 3.89. The lowest BCUT2D eigenvalue weighted by Gasteiger charge is -2.37. The summed E-state index contributed by atoms with van der Waals surface area (Å²) in [6.07, 6.45) is 1.37. The van der Waals surface area contributed by atoms with Gasteiger partial charge < -0.3 is 25.0 Å². The zero-order valence-corrected chi connectivity index (χ0v) is 13.1. The van der Waals surface area contributed by atoms with E-state index < -0.39 is 5.79 Å². The Labute approximate surface area is 134 Å². The van der Waals surface area contributed by atoms with Crippen LogP contribution in [0.25, 0.3) is 0 Å². The highest BCUT2D eigenvalue weighted by Gasteiger charge is 2.40. The fourth-order valence-electron chi connectivity index (χ4n) is 2.92. The number of nitrogens with one attached hydrogen (secondary N) is 2. The number of piperidine rings is 1. The molecule has 7 nitrogen and oxygen atoms in total. The Morgan fingerprint density at radius 1 is 1.09 bits per heavy atom. The van der Waals surface area contributed by atoms with E-state index in [0.717, 1.165) is 0 Å². The number of likely N-dealkylation sites (tertiary alicyclic amines) is 1. The number of ether oxygens (including phenoxy) is 2. The summed E-state index contributed by atoms with van der Waals surface area (Å²) in [4.78, 5) is 25.2. The van der Waals surface area contributed by atoms with Crippen molar-refractivity contribution in [3.63, 3.8) is 0 Å². The first-order valence-electron chi connectivity index (χ1n) is 7.78. The minimum atomic E-state index is -0.484. The maximum absolute atomic E-state index is 12.4. The van der Waals surface area contributed by atoms with Gasteiger partial charge in [-0.25, -0.2) is 4.79 Å². The Kier molecular flexibility index (Phi) is 4.49. The SMILES string of the molecule is CC(=O)Nc1cccc(NC(=O)N2CCC3(CC2)OCCO3)c1. The van der Waals surface area contributed by atoms with E-state index in [0.29, 0.717) is 50.5 Å². The van der Waals surface area contributed by atoms with Gasteiger partial charge in [-0.15, -0.1) is 0 Å². The second-order valence-corrected chi connectivity index (χ2v) is 5.79. The van der Waals surface area contributed by atoms with Crippen molar-refractivity contribution in [2.75, 3.05) is 36.9 Å². The van der Waals surface area contributed by atoms with Gasteiger partial charge in [0.05, 0.1) is 13.2 Å². The Morgan fingerprint density at radius 3 is 2.30 bits per heavy atom. The van der Waals surface area contributed by atoms with Crippen LogP contribution < -0.4 is 10.6 Å². The largest absolute Gasteiger partial charge is 0.347 e. The number of hydrogen-bond donors (Lipinski definition) is 2. The molecule has 2 heterocycles. The average molecular weight is 319 g/mol. The van der Waals surface area contributed by atoms with Crippen molar-refractivity contribution < 1.29 is 19.1 Å². The summed E-state index contributed by atoms with van der Waals surface area (Å²) in [7, 11) is 0. The van der Waals surface area contributed by atoms with Gasteiger partial charge in [0, 0.05) is 44.2 Å². The molecule has 0 unspecified atom stereocenters. The normalized spacial score (nSPS) is 19.6. The van der Waals surface area contributed by atoms with Crippen molar-refractivity contribution in [2.45, 2.75) is 25.6 Å². The third-order valence-electron chi connectivity index (χ3n) is 4.06. The summed E-state index contributed by atoms with van der Waals surface area (Å²) in [6, 6.07) is 6.92. The summed E-state index contributed by atoms with van der Waals surface area (Å²) < 4.78 is 11.3. The van der Waals surface area contributed by atoms with Crippen LogP contribution in [0.3, 0.4) is 0 Å². The molecule has 0 aliphatic carbocycles. The first-order chi connectivity index (χ1) is 11.1. The topological polar surface area (TPSA) is 79.9 Å². The summed E-state index contributed by atoms with van der Waals surface area (Å²) in [5.41, 5.74) is 1.30. The second-order valence-electron chi connectivity index (χ2n) is 5.79. The van der Waals surface area contributed by atoms with E-state index in [9.17, 15) is 9.59 Å². The van der Waals surface area contributed by atoms with E-state index in [2.05, 4.69) is 10.6 Å². The molecule has 0 radical (unpaired) electrons. The van der Waals surface area contributed by atoms with Crippen LogP contribution in [0, 0.1) is 0 Å². The van der Waals surface area contributed by atoms with Gasteiger partial charge in [0.25, 0.3) is 0 Å². The van der Waals surface area contributed by atoms with E-state index >= 15 is 0 Å². The maximum Gasteiger partial charge on any atom is 0.321 e. The standard InChI is InChI=1S/C16H21N3O4/c1-12(20)17-13-3-2-4-14(11-13)18-15(21)19-7-5-16(6-8-19)22-9-10-23-16/h2-4,11H,5-10H2,1H3,(H,17,20)(H,18,21). The van der Waals surface area contributed by atoms with Gasteiger partial charge >= 0.3 is 6.03 Å². The van der Waals surface area contributed by atoms with Crippen LogP contribution in [0.2, 0.25) is 0 Å². The molecular formula is C16H21N3O4. The van der Waals surface area contributed by atoms with Crippen LogP contribution in [0.4, 0.5) is 16.2 Å². The van der Waals surface area contributed by atoms with Crippen LogP contribution in [0.5, 0.6) is 0 Å². The molecule has 2 N–H and O–H groups in total. The van der Waals surface area contributed by atoms with Crippen molar-refractivity contribution in [1.82, 2.24) is 4.90 Å². The van der Waals surface area contributed by atoms with Crippen LogP contribution >= 0.6 is 0 Å². The van der Waals surface area contributed by atoms with E-state index in [4.69, 9.17) is 9.47 Å². The molecule has 3 amide bonds. The lowest BCUT2D eigenvalue weighted by atomic mass is 10.0. The van der Waals surface area contributed by atoms with Gasteiger partial charge in [0.15, 0.2) is 5.79 Å². The average Bonchev–Trinajstić information content (AvgIpc) is 2.96. The van der Waals surface area contributed by atoms with Gasteiger partial charge in [-0.3, -0.25) is 4.79 Å². The highest BCUT2D eigenvalue weighted by atomic mass is 16.7. The maximum atomic E-state index is 12.4. The van der Waals surface area contributed by atoms with Crippen LogP contribution in [0.1, 0.15) is 19.8 Å². The van der Waals surface area contributed by atoms with Crippen molar-refractivity contribution in [2.24, 2.45) is 0 Å². The molecule has 1 spiro atoms. The van der Waals surface area contributed by atoms with E-state index in [1.54, 1.807) is 29.2 Å². The molecule has 0 saturated carbocycles. The summed E-state index contributed by atoms with van der Waals surface area (Å²) >= 11 is 0. The highest BCUT2D eigenvalue weighted by molar-refractivity contribution is 5.92. The lowest BCUT2D eigenvalue weighted by Crippen LogP contribution is -2.48. The van der Waals surface area contributed by atoms with Gasteiger partial charge in [0.2, 0.25) is 5.91 Å². The molecule has 1 aromatic rings. The predicted octanol–water partition coefficient (Wildman–Crippen LogP) is 2.02. The van der Waals surface area contributed by atoms with E-state index in [1.165, 1.54) is 6.92 Å². The number of hydrogen-bond acceptors (Lipinski definition) is 4. The molecule has 2 aliphatic heterocycles. The molecule has 0 aromatic heterocycles. The van der Waals surface area contributed by atoms with Crippen LogP contribution in [0.15, 0.2) is 24.3 Å². The number of nitrogens with zero attached hydrogens (tertiary/aromatic N) is 1. The number of rotatable bonds is 2. The van der Waals surface area contributed by atoms with Crippen molar-refractivity contribution in [1.29, 1.82) is 0 Å². The molecule has 3 rings (SSSR count). The third kappa shape index (κ3) is 3.80. The number of anilines is 2. The Balaban J connectivity index is 1.56. The van der Waals surface area contributed by atoms with Crippen molar-refractivity contribution in [3.05, 3.63) is 24.3 Å². The Bertz CT molecular complexity index is 589. The molecule has 0 atom stereocenters. The Hall–Kier alpha value is -2.12. The fraction of sp³-hybridized carbons (Fsp3) is 0.500. The molecular weight excluding hydrogens is 298 g/mol. The third-order valence-corrected chi connectivity index (χ3v) is 4.06. The quantitative estimate of drug-likeness (QED) is 0.874. The molecule has 23 heavy (non-hydrogen) atoms. The monoisotopic (exact) mass is 319 g/mol. The zero-order chi connectivity index (χ0) is 16.3. The minimum Gasteiger partial charge on any atom is -0.347 e. The van der Waals surface area contributed by atoms with Crippen LogP contribution in [-0.2, 0) is 14.3 Å². The van der Waals surface area contributed by atoms with E-state index in [-0.39, 0.29) is 11.9 Å². The number of urea groups is 1. The molecule has 124 valence electrons. The smallest absolute Gasteiger partial charge is 0.321 e. The van der Waals surface area contributed by atoms with Gasteiger partial charge in [-0.1, -0.05) is 6.07 Å². The summed E-state index contributed by atoms with van der Waals surface area (Å²) in [5.74, 6) is -0.631. The van der Waals surface area contributed by atoms with Crippen molar-refractivity contribution >= 4 is 23.3 Å².